The highest BCUT2D eigenvalue weighted by Crippen LogP contribution is 2.43. The van der Waals surface area contributed by atoms with Crippen molar-refractivity contribution in [1.82, 2.24) is 14.7 Å². The lowest BCUT2D eigenvalue weighted by Gasteiger charge is -2.24. The van der Waals surface area contributed by atoms with Gasteiger partial charge in [-0.25, -0.2) is 4.68 Å². The average molecular weight is 426 g/mol. The van der Waals surface area contributed by atoms with Crippen molar-refractivity contribution in [2.75, 3.05) is 5.75 Å². The Bertz CT molecular complexity index is 1190. The molecule has 1 aromatic heterocycles. The van der Waals surface area contributed by atoms with E-state index < -0.39 is 0 Å². The molecule has 4 nitrogen and oxygen atoms in total. The fourth-order valence-corrected chi connectivity index (χ4v) is 5.07. The number of carbonyl (C=O) groups excluding carboxylic acids is 1. The molecule has 1 saturated heterocycles. The van der Waals surface area contributed by atoms with E-state index >= 15 is 0 Å². The second kappa shape index (κ2) is 8.44. The number of nitrogens with zero attached hydrogens (tertiary/aromatic N) is 3. The van der Waals surface area contributed by atoms with E-state index in [1.807, 2.05) is 58.1 Å². The van der Waals surface area contributed by atoms with Gasteiger partial charge in [0.05, 0.1) is 17.1 Å². The van der Waals surface area contributed by atoms with Crippen LogP contribution in [-0.4, -0.2) is 26.3 Å². The van der Waals surface area contributed by atoms with E-state index in [1.165, 1.54) is 5.56 Å². The zero-order chi connectivity index (χ0) is 21.2. The van der Waals surface area contributed by atoms with E-state index in [0.717, 1.165) is 28.1 Å². The molecule has 5 rings (SSSR count). The van der Waals surface area contributed by atoms with Crippen molar-refractivity contribution in [3.63, 3.8) is 0 Å². The summed E-state index contributed by atoms with van der Waals surface area (Å²) in [5.41, 5.74) is 6.41. The van der Waals surface area contributed by atoms with Crippen LogP contribution in [-0.2, 0) is 11.3 Å². The SMILES string of the molecule is Cc1ccc(-c2nn(-c3ccccc3)cc2[C@@H]2SCC(=O)N2Cc2ccccc2)cc1. The third-order valence-electron chi connectivity index (χ3n) is 5.52. The average Bonchev–Trinajstić information content (AvgIpc) is 3.40. The lowest BCUT2D eigenvalue weighted by molar-refractivity contribution is -0.128. The Morgan fingerprint density at radius 2 is 1.61 bits per heavy atom. The molecule has 0 unspecified atom stereocenters. The van der Waals surface area contributed by atoms with Crippen LogP contribution >= 0.6 is 11.8 Å². The molecule has 2 heterocycles. The molecule has 0 N–H and O–H groups in total. The van der Waals surface area contributed by atoms with E-state index in [1.54, 1.807) is 11.8 Å². The van der Waals surface area contributed by atoms with Crippen LogP contribution in [0.15, 0.2) is 91.1 Å². The number of aryl methyl sites for hydroxylation is 1. The molecule has 0 saturated carbocycles. The van der Waals surface area contributed by atoms with Crippen molar-refractivity contribution in [2.24, 2.45) is 0 Å². The molecule has 1 atom stereocenters. The first-order valence-electron chi connectivity index (χ1n) is 10.4. The van der Waals surface area contributed by atoms with Crippen LogP contribution in [0.25, 0.3) is 16.9 Å². The van der Waals surface area contributed by atoms with Crippen LogP contribution in [0.3, 0.4) is 0 Å². The van der Waals surface area contributed by atoms with E-state index in [4.69, 9.17) is 5.10 Å². The molecule has 0 aliphatic carbocycles. The third-order valence-corrected chi connectivity index (χ3v) is 6.76. The molecule has 5 heteroatoms. The number of para-hydroxylation sites is 1. The number of amides is 1. The molecule has 4 aromatic rings. The van der Waals surface area contributed by atoms with Gasteiger partial charge in [0.25, 0.3) is 0 Å². The molecule has 0 bridgehead atoms. The van der Waals surface area contributed by atoms with Gasteiger partial charge in [-0.1, -0.05) is 78.4 Å². The van der Waals surface area contributed by atoms with Gasteiger partial charge in [-0.3, -0.25) is 4.79 Å². The summed E-state index contributed by atoms with van der Waals surface area (Å²) in [6, 6.07) is 28.7. The minimum absolute atomic E-state index is 0.0681. The molecule has 1 aliphatic rings. The molecular formula is C26H23N3OS. The van der Waals surface area contributed by atoms with Gasteiger partial charge < -0.3 is 4.90 Å². The molecule has 154 valence electrons. The molecule has 0 spiro atoms. The monoisotopic (exact) mass is 425 g/mol. The second-order valence-electron chi connectivity index (χ2n) is 7.75. The topological polar surface area (TPSA) is 38.1 Å². The third kappa shape index (κ3) is 4.01. The lowest BCUT2D eigenvalue weighted by atomic mass is 10.1. The molecule has 3 aromatic carbocycles. The first kappa shape index (κ1) is 19.6. The number of hydrogen-bond donors (Lipinski definition) is 0. The van der Waals surface area contributed by atoms with Gasteiger partial charge in [0.15, 0.2) is 0 Å². The summed E-state index contributed by atoms with van der Waals surface area (Å²) >= 11 is 1.67. The number of benzene rings is 3. The molecule has 1 aliphatic heterocycles. The van der Waals surface area contributed by atoms with Crippen LogP contribution in [0.2, 0.25) is 0 Å². The zero-order valence-electron chi connectivity index (χ0n) is 17.3. The highest BCUT2D eigenvalue weighted by Gasteiger charge is 2.35. The molecule has 1 amide bonds. The first-order chi connectivity index (χ1) is 15.2. The Labute approximate surface area is 186 Å². The van der Waals surface area contributed by atoms with Crippen LogP contribution in [0.5, 0.6) is 0 Å². The minimum Gasteiger partial charge on any atom is -0.321 e. The van der Waals surface area contributed by atoms with Crippen LogP contribution < -0.4 is 0 Å². The standard InChI is InChI=1S/C26H23N3OS/c1-19-12-14-21(15-13-19)25-23(17-29(27-25)22-10-6-3-7-11-22)26-28(24(30)18-31-26)16-20-8-4-2-5-9-20/h2-15,17,26H,16,18H2,1H3/t26-/m0/s1. The van der Waals surface area contributed by atoms with Crippen molar-refractivity contribution < 1.29 is 4.79 Å². The van der Waals surface area contributed by atoms with E-state index in [9.17, 15) is 4.79 Å². The first-order valence-corrected chi connectivity index (χ1v) is 11.4. The largest absolute Gasteiger partial charge is 0.321 e. The summed E-state index contributed by atoms with van der Waals surface area (Å²) in [5, 5.41) is 4.89. The predicted octanol–water partition coefficient (Wildman–Crippen LogP) is 5.62. The van der Waals surface area contributed by atoms with Crippen molar-refractivity contribution in [2.45, 2.75) is 18.8 Å². The van der Waals surface area contributed by atoms with Gasteiger partial charge in [-0.05, 0) is 24.6 Å². The van der Waals surface area contributed by atoms with Crippen LogP contribution in [0, 0.1) is 6.92 Å². The molecule has 31 heavy (non-hydrogen) atoms. The molecule has 1 fully saturated rings. The Balaban J connectivity index is 1.58. The maximum atomic E-state index is 12.8. The Hall–Kier alpha value is -3.31. The van der Waals surface area contributed by atoms with Crippen molar-refractivity contribution in [3.8, 4) is 16.9 Å². The summed E-state index contributed by atoms with van der Waals surface area (Å²) in [6.07, 6.45) is 2.08. The molecule has 0 radical (unpaired) electrons. The van der Waals surface area contributed by atoms with E-state index in [2.05, 4.69) is 49.5 Å². The number of aromatic nitrogens is 2. The fraction of sp³-hybridized carbons (Fsp3) is 0.154. The minimum atomic E-state index is -0.0681. The normalized spacial score (nSPS) is 16.1. The van der Waals surface area contributed by atoms with Gasteiger partial charge in [0, 0.05) is 23.9 Å². The van der Waals surface area contributed by atoms with Crippen LogP contribution in [0.4, 0.5) is 0 Å². The highest BCUT2D eigenvalue weighted by atomic mass is 32.2. The maximum Gasteiger partial charge on any atom is 0.234 e. The number of rotatable bonds is 5. The lowest BCUT2D eigenvalue weighted by Crippen LogP contribution is -2.27. The number of thioether (sulfide) groups is 1. The second-order valence-corrected chi connectivity index (χ2v) is 8.82. The summed E-state index contributed by atoms with van der Waals surface area (Å²) in [4.78, 5) is 14.8. The maximum absolute atomic E-state index is 12.8. The smallest absolute Gasteiger partial charge is 0.234 e. The van der Waals surface area contributed by atoms with Gasteiger partial charge in [0.1, 0.15) is 5.37 Å². The Morgan fingerprint density at radius 1 is 0.935 bits per heavy atom. The van der Waals surface area contributed by atoms with Gasteiger partial charge in [-0.15, -0.1) is 11.8 Å². The van der Waals surface area contributed by atoms with E-state index in [-0.39, 0.29) is 11.3 Å². The summed E-state index contributed by atoms with van der Waals surface area (Å²) in [6.45, 7) is 2.68. The van der Waals surface area contributed by atoms with E-state index in [0.29, 0.717) is 12.3 Å². The van der Waals surface area contributed by atoms with Gasteiger partial charge >= 0.3 is 0 Å². The van der Waals surface area contributed by atoms with Crippen molar-refractivity contribution >= 4 is 17.7 Å². The summed E-state index contributed by atoms with van der Waals surface area (Å²) in [5.74, 6) is 0.655. The Morgan fingerprint density at radius 3 is 2.32 bits per heavy atom. The highest BCUT2D eigenvalue weighted by molar-refractivity contribution is 8.00. The summed E-state index contributed by atoms with van der Waals surface area (Å²) < 4.78 is 1.93. The van der Waals surface area contributed by atoms with Crippen LogP contribution in [0.1, 0.15) is 22.1 Å². The summed E-state index contributed by atoms with van der Waals surface area (Å²) in [7, 11) is 0. The number of carbonyl (C=O) groups is 1. The predicted molar refractivity (Wildman–Crippen MR) is 126 cm³/mol. The van der Waals surface area contributed by atoms with Gasteiger partial charge in [0.2, 0.25) is 5.91 Å². The van der Waals surface area contributed by atoms with Gasteiger partial charge in [-0.2, -0.15) is 5.10 Å². The zero-order valence-corrected chi connectivity index (χ0v) is 18.1. The molecular weight excluding hydrogens is 402 g/mol. The number of hydrogen-bond acceptors (Lipinski definition) is 3. The Kier molecular flexibility index (Phi) is 5.35. The quantitative estimate of drug-likeness (QED) is 0.416. The van der Waals surface area contributed by atoms with Crippen molar-refractivity contribution in [1.29, 1.82) is 0 Å². The fourth-order valence-electron chi connectivity index (χ4n) is 3.88. The van der Waals surface area contributed by atoms with Crippen molar-refractivity contribution in [3.05, 3.63) is 108 Å².